The largest absolute Gasteiger partial charge is 0.443 e. The number of amides is 3. The number of anilines is 1. The van der Waals surface area contributed by atoms with E-state index in [4.69, 9.17) is 31.8 Å². The van der Waals surface area contributed by atoms with E-state index in [1.807, 2.05) is 67.1 Å². The molecule has 17 heteroatoms. The molecule has 1 aromatic carbocycles. The summed E-state index contributed by atoms with van der Waals surface area (Å²) in [5.41, 5.74) is 7.13. The number of nitrogens with one attached hydrogen (secondary N) is 1. The third-order valence-electron chi connectivity index (χ3n) is 15.3. The number of aromatic nitrogens is 3. The molecule has 67 heavy (non-hydrogen) atoms. The van der Waals surface area contributed by atoms with Crippen molar-refractivity contribution in [1.29, 1.82) is 0 Å². The van der Waals surface area contributed by atoms with Crippen molar-refractivity contribution in [3.63, 3.8) is 0 Å². The molecule has 1 spiro atoms. The van der Waals surface area contributed by atoms with Crippen LogP contribution in [0.4, 0.5) is 10.6 Å². The second-order valence-electron chi connectivity index (χ2n) is 20.9. The van der Waals surface area contributed by atoms with Crippen molar-refractivity contribution in [3.8, 4) is 0 Å². The molecule has 7 heterocycles. The number of carbonyl (C=O) groups is 3. The molecule has 0 bridgehead atoms. The molecule has 0 unspecified atom stereocenters. The minimum Gasteiger partial charge on any atom is -0.443 e. The fourth-order valence-electron chi connectivity index (χ4n) is 11.2. The molecule has 3 N–H and O–H groups in total. The summed E-state index contributed by atoms with van der Waals surface area (Å²) in [6.07, 6.45) is 15.0. The predicted octanol–water partition coefficient (Wildman–Crippen LogP) is 6.25. The average Bonchev–Trinajstić information content (AvgIpc) is 3.64. The third kappa shape index (κ3) is 11.2. The maximum atomic E-state index is 13.8. The summed E-state index contributed by atoms with van der Waals surface area (Å²) in [5.74, 6) is 2.32. The fourth-order valence-corrected chi connectivity index (χ4v) is 11.4. The van der Waals surface area contributed by atoms with E-state index in [1.165, 1.54) is 19.3 Å². The lowest BCUT2D eigenvalue weighted by Crippen LogP contribution is -2.52. The van der Waals surface area contributed by atoms with Crippen LogP contribution in [0.3, 0.4) is 0 Å². The number of carbonyl (C=O) groups excluding carboxylic acids is 3. The Morgan fingerprint density at radius 3 is 2.18 bits per heavy atom. The van der Waals surface area contributed by atoms with E-state index in [0.29, 0.717) is 56.5 Å². The average molecular weight is 943 g/mol. The monoisotopic (exact) mass is 942 g/mol. The van der Waals surface area contributed by atoms with Gasteiger partial charge in [0.25, 0.3) is 0 Å². The van der Waals surface area contributed by atoms with Gasteiger partial charge in [0, 0.05) is 83.2 Å². The van der Waals surface area contributed by atoms with Gasteiger partial charge in [-0.25, -0.2) is 19.7 Å². The lowest BCUT2D eigenvalue weighted by Gasteiger charge is -2.39. The lowest BCUT2D eigenvalue weighted by atomic mass is 9.83. The molecule has 364 valence electrons. The zero-order chi connectivity index (χ0) is 46.7. The number of ether oxygens (including phenoxy) is 2. The van der Waals surface area contributed by atoms with Crippen molar-refractivity contribution in [2.45, 2.75) is 133 Å². The van der Waals surface area contributed by atoms with Crippen LogP contribution < -0.4 is 10.6 Å². The van der Waals surface area contributed by atoms with Crippen LogP contribution in [0.5, 0.6) is 0 Å². The first-order chi connectivity index (χ1) is 32.3. The van der Waals surface area contributed by atoms with Crippen molar-refractivity contribution in [3.05, 3.63) is 53.4 Å². The predicted molar refractivity (Wildman–Crippen MR) is 260 cm³/mol. The Bertz CT molecular complexity index is 2190. The van der Waals surface area contributed by atoms with Gasteiger partial charge in [-0.15, -0.1) is 0 Å². The smallest absolute Gasteiger partial charge is 0.416 e. The van der Waals surface area contributed by atoms with Crippen LogP contribution in [0.1, 0.15) is 109 Å². The highest BCUT2D eigenvalue weighted by Gasteiger charge is 2.65. The molecule has 2 atom stereocenters. The van der Waals surface area contributed by atoms with Crippen LogP contribution >= 0.6 is 11.6 Å². The number of piperazine rings is 1. The highest BCUT2D eigenvalue weighted by molar-refractivity contribution is 6.30. The van der Waals surface area contributed by atoms with E-state index in [1.54, 1.807) is 11.2 Å². The van der Waals surface area contributed by atoms with E-state index in [9.17, 15) is 14.4 Å². The summed E-state index contributed by atoms with van der Waals surface area (Å²) in [5, 5.41) is 1.65. The summed E-state index contributed by atoms with van der Waals surface area (Å²) < 4.78 is 12.5. The quantitative estimate of drug-likeness (QED) is 0.197. The number of halogens is 1. The molecule has 2 aromatic heterocycles. The molecule has 5 saturated heterocycles. The van der Waals surface area contributed by atoms with Gasteiger partial charge in [0.2, 0.25) is 11.8 Å². The van der Waals surface area contributed by atoms with E-state index < -0.39 is 11.1 Å². The normalized spacial score (nSPS) is 23.3. The Morgan fingerprint density at radius 1 is 0.836 bits per heavy atom. The Kier molecular flexibility index (Phi) is 14.7. The number of aliphatic imine (C=N–C) groups is 1. The molecule has 1 aliphatic carbocycles. The molecular formula is C50H72ClN11O5. The zero-order valence-electron chi connectivity index (χ0n) is 39.9. The van der Waals surface area contributed by atoms with Crippen molar-refractivity contribution >= 4 is 52.2 Å². The van der Waals surface area contributed by atoms with Crippen molar-refractivity contribution in [1.82, 2.24) is 39.5 Å². The van der Waals surface area contributed by atoms with Crippen molar-refractivity contribution in [2.24, 2.45) is 16.6 Å². The number of piperidine rings is 3. The highest BCUT2D eigenvalue weighted by atomic mass is 35.5. The van der Waals surface area contributed by atoms with Gasteiger partial charge >= 0.3 is 6.09 Å². The fraction of sp³-hybridized carbons (Fsp3) is 0.680. The highest BCUT2D eigenvalue weighted by Crippen LogP contribution is 2.48. The zero-order valence-corrected chi connectivity index (χ0v) is 40.7. The molecule has 6 fully saturated rings. The van der Waals surface area contributed by atoms with E-state index in [0.717, 1.165) is 119 Å². The number of H-pyrrole nitrogens is 1. The van der Waals surface area contributed by atoms with Crippen LogP contribution in [0.2, 0.25) is 5.02 Å². The Balaban J connectivity index is 0.749. The molecule has 0 radical (unpaired) electrons. The number of benzene rings is 1. The number of likely N-dealkylation sites (tertiary alicyclic amines) is 2. The second kappa shape index (κ2) is 20.7. The topological polar surface area (TPSA) is 169 Å². The van der Waals surface area contributed by atoms with E-state index in [-0.39, 0.29) is 42.2 Å². The van der Waals surface area contributed by atoms with Gasteiger partial charge in [-0.3, -0.25) is 24.4 Å². The first-order valence-electron chi connectivity index (χ1n) is 25.2. The molecule has 6 aliphatic rings. The van der Waals surface area contributed by atoms with Crippen molar-refractivity contribution < 1.29 is 23.9 Å². The molecular weight excluding hydrogens is 870 g/mol. The van der Waals surface area contributed by atoms with Crippen LogP contribution in [0.15, 0.2) is 47.8 Å². The third-order valence-corrected chi connectivity index (χ3v) is 15.5. The van der Waals surface area contributed by atoms with Gasteiger partial charge in [-0.05, 0) is 108 Å². The maximum absolute atomic E-state index is 13.8. The summed E-state index contributed by atoms with van der Waals surface area (Å²) in [6.45, 7) is 14.5. The van der Waals surface area contributed by atoms with Gasteiger partial charge in [0.1, 0.15) is 34.8 Å². The number of amidine groups is 1. The standard InChI is InChI=1S/C50H72ClN11O5/c1-49(2,3)67-48(65)62-47(50(62)19-27-60(28-20-50)45-40-13-21-53-44(40)54-34-55-45)56-41(35-9-11-37(51)12-10-35)18-24-57-29-31-59(32-30-57)42(63)33-58-22-14-38(15-23-58)66-39-16-25-61(26-17-39)46(64)43(52)36-7-5-4-6-8-36/h9-13,21,34,36,38-39,41,43H,4-8,14-20,22-33,52H2,1-3H3,(H,53,54,55)/t41-,43+,62?/m0/s1. The Hall–Kier alpha value is -4.35. The van der Waals surface area contributed by atoms with Crippen LogP contribution in [0, 0.1) is 5.92 Å². The van der Waals surface area contributed by atoms with Gasteiger partial charge < -0.3 is 34.9 Å². The van der Waals surface area contributed by atoms with Crippen LogP contribution in [-0.2, 0) is 19.1 Å². The van der Waals surface area contributed by atoms with Gasteiger partial charge in [-0.1, -0.05) is 43.0 Å². The number of rotatable bonds is 12. The summed E-state index contributed by atoms with van der Waals surface area (Å²) in [6, 6.07) is 9.34. The summed E-state index contributed by atoms with van der Waals surface area (Å²) in [4.78, 5) is 71.0. The first kappa shape index (κ1) is 47.7. The molecule has 3 amide bonds. The minimum atomic E-state index is -0.648. The molecule has 3 aromatic rings. The first-order valence-corrected chi connectivity index (χ1v) is 25.5. The van der Waals surface area contributed by atoms with Gasteiger partial charge in [0.15, 0.2) is 0 Å². The van der Waals surface area contributed by atoms with Crippen LogP contribution in [0.25, 0.3) is 11.0 Å². The Morgan fingerprint density at radius 2 is 1.51 bits per heavy atom. The van der Waals surface area contributed by atoms with Gasteiger partial charge in [-0.2, -0.15) is 0 Å². The van der Waals surface area contributed by atoms with Crippen molar-refractivity contribution in [2.75, 3.05) is 83.4 Å². The summed E-state index contributed by atoms with van der Waals surface area (Å²) >= 11 is 6.37. The van der Waals surface area contributed by atoms with Gasteiger partial charge in [0.05, 0.1) is 36.2 Å². The number of aromatic amines is 1. The molecule has 1 saturated carbocycles. The number of hydrogen-bond acceptors (Lipinski definition) is 12. The lowest BCUT2D eigenvalue weighted by molar-refractivity contribution is -0.139. The minimum absolute atomic E-state index is 0.126. The maximum Gasteiger partial charge on any atom is 0.416 e. The number of nitrogens with zero attached hydrogens (tertiary/aromatic N) is 9. The number of nitrogens with two attached hydrogens (primary N) is 1. The second-order valence-corrected chi connectivity index (χ2v) is 21.3. The molecule has 16 nitrogen and oxygen atoms in total. The van der Waals surface area contributed by atoms with E-state index >= 15 is 0 Å². The Labute approximate surface area is 400 Å². The van der Waals surface area contributed by atoms with Crippen LogP contribution in [-0.4, -0.2) is 171 Å². The SMILES string of the molecule is CC(C)(C)OC(=O)N1C(=N[C@@H](CCN2CCN(C(=O)CN3CCC(OC4CCN(C(=O)[C@H](N)C5CCCCC5)CC4)CC3)CC2)c2ccc(Cl)cc2)C12CCN(c1ncnc3[nH]ccc13)CC2. The summed E-state index contributed by atoms with van der Waals surface area (Å²) in [7, 11) is 0. The molecule has 5 aliphatic heterocycles. The van der Waals surface area contributed by atoms with E-state index in [2.05, 4.69) is 29.7 Å². The number of fused-ring (bicyclic) bond motifs is 1. The molecule has 9 rings (SSSR count). The number of hydrogen-bond donors (Lipinski definition) is 2.